The Morgan fingerprint density at radius 2 is 1.43 bits per heavy atom. The van der Waals surface area contributed by atoms with Crippen molar-refractivity contribution in [2.45, 2.75) is 6.42 Å². The zero-order chi connectivity index (χ0) is 19.3. The highest BCUT2D eigenvalue weighted by atomic mass is 16.2. The van der Waals surface area contributed by atoms with Crippen molar-refractivity contribution in [1.82, 2.24) is 15.6 Å². The molecule has 0 saturated carbocycles. The predicted octanol–water partition coefficient (Wildman–Crippen LogP) is 3.87. The Hall–Kier alpha value is -3.60. The van der Waals surface area contributed by atoms with Gasteiger partial charge in [0.05, 0.1) is 0 Å². The number of hydrogen-bond donors (Lipinski definition) is 3. The van der Waals surface area contributed by atoms with Gasteiger partial charge in [0.1, 0.15) is 5.69 Å². The molecule has 0 saturated heterocycles. The van der Waals surface area contributed by atoms with Crippen LogP contribution in [-0.2, 0) is 0 Å². The normalized spacial score (nSPS) is 10.9. The van der Waals surface area contributed by atoms with Crippen molar-refractivity contribution in [3.63, 3.8) is 0 Å². The molecule has 3 aromatic carbocycles. The van der Waals surface area contributed by atoms with E-state index < -0.39 is 0 Å². The molecule has 140 valence electrons. The smallest absolute Gasteiger partial charge is 0.267 e. The Morgan fingerprint density at radius 3 is 2.25 bits per heavy atom. The highest BCUT2D eigenvalue weighted by Crippen LogP contribution is 2.18. The van der Waals surface area contributed by atoms with E-state index in [4.69, 9.17) is 0 Å². The molecule has 5 nitrogen and oxygen atoms in total. The lowest BCUT2D eigenvalue weighted by Gasteiger charge is -2.08. The minimum absolute atomic E-state index is 0.0984. The first kappa shape index (κ1) is 17.8. The standard InChI is InChI=1S/C23H21N3O2/c27-22(19-11-5-9-16-7-1-3-10-18(16)19)24-13-6-14-25-23(28)21-15-17-8-2-4-12-20(17)26-21/h1-5,7-12,15,26H,6,13-14H2,(H,24,27)(H,25,28). The minimum Gasteiger partial charge on any atom is -0.352 e. The zero-order valence-electron chi connectivity index (χ0n) is 15.4. The summed E-state index contributed by atoms with van der Waals surface area (Å²) in [5, 5.41) is 8.80. The first-order valence-electron chi connectivity index (χ1n) is 9.34. The SMILES string of the molecule is O=C(NCCCNC(=O)c1cccc2ccccc12)c1cc2ccccc2[nH]1. The number of fused-ring (bicyclic) bond motifs is 2. The molecule has 0 bridgehead atoms. The van der Waals surface area contributed by atoms with Gasteiger partial charge in [-0.3, -0.25) is 9.59 Å². The summed E-state index contributed by atoms with van der Waals surface area (Å²) in [5.74, 6) is -0.240. The Labute approximate surface area is 162 Å². The lowest BCUT2D eigenvalue weighted by molar-refractivity contribution is 0.0949. The van der Waals surface area contributed by atoms with E-state index in [0.29, 0.717) is 30.8 Å². The van der Waals surface area contributed by atoms with E-state index in [1.54, 1.807) is 0 Å². The molecule has 4 rings (SSSR count). The molecular formula is C23H21N3O2. The van der Waals surface area contributed by atoms with Crippen LogP contribution in [0.3, 0.4) is 0 Å². The molecule has 0 unspecified atom stereocenters. The number of carbonyl (C=O) groups is 2. The van der Waals surface area contributed by atoms with E-state index in [0.717, 1.165) is 21.7 Å². The van der Waals surface area contributed by atoms with Crippen molar-refractivity contribution in [3.05, 3.63) is 84.1 Å². The summed E-state index contributed by atoms with van der Waals surface area (Å²) in [6, 6.07) is 23.1. The van der Waals surface area contributed by atoms with Gasteiger partial charge in [0.25, 0.3) is 11.8 Å². The molecule has 0 aliphatic heterocycles. The largest absolute Gasteiger partial charge is 0.352 e. The first-order chi connectivity index (χ1) is 13.7. The molecule has 4 aromatic rings. The number of amides is 2. The second-order valence-electron chi connectivity index (χ2n) is 6.66. The van der Waals surface area contributed by atoms with Crippen molar-refractivity contribution >= 4 is 33.5 Å². The molecule has 0 atom stereocenters. The van der Waals surface area contributed by atoms with E-state index in [9.17, 15) is 9.59 Å². The third-order valence-electron chi connectivity index (χ3n) is 4.73. The first-order valence-corrected chi connectivity index (χ1v) is 9.34. The Bertz CT molecular complexity index is 1110. The van der Waals surface area contributed by atoms with Crippen LogP contribution in [0.15, 0.2) is 72.8 Å². The molecule has 0 fully saturated rings. The summed E-state index contributed by atoms with van der Waals surface area (Å²) in [6.45, 7) is 0.985. The monoisotopic (exact) mass is 371 g/mol. The van der Waals surface area contributed by atoms with Gasteiger partial charge in [0.15, 0.2) is 0 Å². The fourth-order valence-electron chi connectivity index (χ4n) is 3.30. The summed E-state index contributed by atoms with van der Waals surface area (Å²) in [6.07, 6.45) is 0.655. The average molecular weight is 371 g/mol. The predicted molar refractivity (Wildman–Crippen MR) is 112 cm³/mol. The number of rotatable bonds is 6. The highest BCUT2D eigenvalue weighted by molar-refractivity contribution is 6.07. The average Bonchev–Trinajstić information content (AvgIpc) is 3.17. The maximum Gasteiger partial charge on any atom is 0.267 e. The number of para-hydroxylation sites is 1. The summed E-state index contributed by atoms with van der Waals surface area (Å²) in [7, 11) is 0. The van der Waals surface area contributed by atoms with Crippen LogP contribution in [0.4, 0.5) is 0 Å². The molecule has 3 N–H and O–H groups in total. The minimum atomic E-state index is -0.142. The topological polar surface area (TPSA) is 74.0 Å². The van der Waals surface area contributed by atoms with Gasteiger partial charge in [-0.05, 0) is 35.4 Å². The van der Waals surface area contributed by atoms with Crippen LogP contribution < -0.4 is 10.6 Å². The number of hydrogen-bond acceptors (Lipinski definition) is 2. The van der Waals surface area contributed by atoms with Gasteiger partial charge in [-0.25, -0.2) is 0 Å². The number of benzene rings is 3. The van der Waals surface area contributed by atoms with Gasteiger partial charge in [-0.1, -0.05) is 54.6 Å². The maximum absolute atomic E-state index is 12.5. The quantitative estimate of drug-likeness (QED) is 0.450. The highest BCUT2D eigenvalue weighted by Gasteiger charge is 2.10. The molecule has 0 spiro atoms. The lowest BCUT2D eigenvalue weighted by atomic mass is 10.0. The summed E-state index contributed by atoms with van der Waals surface area (Å²) >= 11 is 0. The van der Waals surface area contributed by atoms with Crippen LogP contribution in [0.2, 0.25) is 0 Å². The summed E-state index contributed by atoms with van der Waals surface area (Å²) in [5.41, 5.74) is 2.15. The van der Waals surface area contributed by atoms with Crippen molar-refractivity contribution < 1.29 is 9.59 Å². The lowest BCUT2D eigenvalue weighted by Crippen LogP contribution is -2.30. The van der Waals surface area contributed by atoms with Crippen molar-refractivity contribution in [1.29, 1.82) is 0 Å². The van der Waals surface area contributed by atoms with E-state index >= 15 is 0 Å². The van der Waals surface area contributed by atoms with Crippen molar-refractivity contribution in [3.8, 4) is 0 Å². The maximum atomic E-state index is 12.5. The van der Waals surface area contributed by atoms with E-state index in [1.807, 2.05) is 72.8 Å². The number of aromatic nitrogens is 1. The van der Waals surface area contributed by atoms with Gasteiger partial charge < -0.3 is 15.6 Å². The van der Waals surface area contributed by atoms with Crippen molar-refractivity contribution in [2.24, 2.45) is 0 Å². The van der Waals surface area contributed by atoms with Gasteiger partial charge in [0, 0.05) is 29.6 Å². The molecule has 1 aromatic heterocycles. The molecule has 1 heterocycles. The molecule has 0 aliphatic rings. The van der Waals surface area contributed by atoms with Crippen LogP contribution in [0.5, 0.6) is 0 Å². The van der Waals surface area contributed by atoms with E-state index in [1.165, 1.54) is 0 Å². The summed E-state index contributed by atoms with van der Waals surface area (Å²) in [4.78, 5) is 27.8. The molecular weight excluding hydrogens is 350 g/mol. The third kappa shape index (κ3) is 3.74. The number of aromatic amines is 1. The van der Waals surface area contributed by atoms with Crippen LogP contribution in [-0.4, -0.2) is 29.9 Å². The van der Waals surface area contributed by atoms with Crippen LogP contribution in [0.25, 0.3) is 21.7 Å². The van der Waals surface area contributed by atoms with Gasteiger partial charge in [0.2, 0.25) is 0 Å². The second-order valence-corrected chi connectivity index (χ2v) is 6.66. The second kappa shape index (κ2) is 7.96. The number of H-pyrrole nitrogens is 1. The van der Waals surface area contributed by atoms with Gasteiger partial charge in [-0.15, -0.1) is 0 Å². The molecule has 2 amide bonds. The Morgan fingerprint density at radius 1 is 0.750 bits per heavy atom. The fourth-order valence-corrected chi connectivity index (χ4v) is 3.30. The van der Waals surface area contributed by atoms with Crippen LogP contribution in [0, 0.1) is 0 Å². The van der Waals surface area contributed by atoms with Crippen LogP contribution in [0.1, 0.15) is 27.3 Å². The number of carbonyl (C=O) groups excluding carboxylic acids is 2. The molecule has 0 radical (unpaired) electrons. The zero-order valence-corrected chi connectivity index (χ0v) is 15.4. The molecule has 0 aliphatic carbocycles. The van der Waals surface area contributed by atoms with Gasteiger partial charge in [-0.2, -0.15) is 0 Å². The van der Waals surface area contributed by atoms with Gasteiger partial charge >= 0.3 is 0 Å². The molecule has 28 heavy (non-hydrogen) atoms. The Kier molecular flexibility index (Phi) is 5.06. The van der Waals surface area contributed by atoms with E-state index in [2.05, 4.69) is 15.6 Å². The Balaban J connectivity index is 1.27. The molecule has 5 heteroatoms. The fraction of sp³-hybridized carbons (Fsp3) is 0.130. The van der Waals surface area contributed by atoms with Crippen LogP contribution >= 0.6 is 0 Å². The number of nitrogens with one attached hydrogen (secondary N) is 3. The van der Waals surface area contributed by atoms with E-state index in [-0.39, 0.29) is 11.8 Å². The van der Waals surface area contributed by atoms with Crippen molar-refractivity contribution in [2.75, 3.05) is 13.1 Å². The summed E-state index contributed by atoms with van der Waals surface area (Å²) < 4.78 is 0. The third-order valence-corrected chi connectivity index (χ3v) is 4.73.